The van der Waals surface area contributed by atoms with Crippen LogP contribution in [-0.2, 0) is 4.79 Å². The highest BCUT2D eigenvalue weighted by atomic mass is 16.5. The maximum Gasteiger partial charge on any atom is 0.233 e. The zero-order valence-electron chi connectivity index (χ0n) is 17.0. The number of hydrogen-bond donors (Lipinski definition) is 0. The summed E-state index contributed by atoms with van der Waals surface area (Å²) in [7, 11) is 3.30. The molecular weight excluding hydrogens is 338 g/mol. The first-order valence-electron chi connectivity index (χ1n) is 10.1. The summed E-state index contributed by atoms with van der Waals surface area (Å²) in [5, 5.41) is 0. The van der Waals surface area contributed by atoms with E-state index in [2.05, 4.69) is 31.4 Å². The smallest absolute Gasteiger partial charge is 0.233 e. The van der Waals surface area contributed by atoms with Crippen molar-refractivity contribution in [3.05, 3.63) is 35.9 Å². The molecule has 3 atom stereocenters. The van der Waals surface area contributed by atoms with Crippen molar-refractivity contribution in [1.29, 1.82) is 0 Å². The van der Waals surface area contributed by atoms with Crippen LogP contribution in [0.25, 0.3) is 0 Å². The highest BCUT2D eigenvalue weighted by Gasteiger charge is 2.62. The van der Waals surface area contributed by atoms with Crippen molar-refractivity contribution in [1.82, 2.24) is 4.90 Å². The summed E-state index contributed by atoms with van der Waals surface area (Å²) in [6, 6.07) is 6.15. The molecule has 3 unspecified atom stereocenters. The van der Waals surface area contributed by atoms with Gasteiger partial charge in [-0.3, -0.25) is 4.79 Å². The summed E-state index contributed by atoms with van der Waals surface area (Å²) >= 11 is 0. The molecule has 1 aliphatic heterocycles. The quantitative estimate of drug-likeness (QED) is 0.719. The molecule has 4 rings (SSSR count). The van der Waals surface area contributed by atoms with Crippen LogP contribution < -0.4 is 9.47 Å². The average Bonchev–Trinajstić information content (AvgIpc) is 3.37. The van der Waals surface area contributed by atoms with E-state index in [1.807, 2.05) is 12.1 Å². The summed E-state index contributed by atoms with van der Waals surface area (Å²) < 4.78 is 10.8. The Morgan fingerprint density at radius 2 is 1.93 bits per heavy atom. The monoisotopic (exact) mass is 369 g/mol. The van der Waals surface area contributed by atoms with Gasteiger partial charge in [0.25, 0.3) is 0 Å². The molecule has 0 radical (unpaired) electrons. The van der Waals surface area contributed by atoms with Crippen molar-refractivity contribution in [3.8, 4) is 11.5 Å². The molecule has 146 valence electrons. The third-order valence-corrected chi connectivity index (χ3v) is 7.61. The topological polar surface area (TPSA) is 38.8 Å². The van der Waals surface area contributed by atoms with Crippen LogP contribution in [0.5, 0.6) is 11.5 Å². The van der Waals surface area contributed by atoms with Gasteiger partial charge in [0.15, 0.2) is 11.5 Å². The normalized spacial score (nSPS) is 31.4. The first-order chi connectivity index (χ1) is 12.8. The fraction of sp³-hybridized carbons (Fsp3) is 0.609. The second-order valence-corrected chi connectivity index (χ2v) is 8.99. The van der Waals surface area contributed by atoms with Gasteiger partial charge in [0.1, 0.15) is 0 Å². The van der Waals surface area contributed by atoms with Gasteiger partial charge < -0.3 is 14.4 Å². The van der Waals surface area contributed by atoms with E-state index in [9.17, 15) is 4.79 Å². The van der Waals surface area contributed by atoms with Crippen molar-refractivity contribution in [3.63, 3.8) is 0 Å². The molecule has 0 aromatic heterocycles. The summed E-state index contributed by atoms with van der Waals surface area (Å²) in [6.07, 6.45) is 5.13. The summed E-state index contributed by atoms with van der Waals surface area (Å²) in [5.74, 6) is 2.34. The van der Waals surface area contributed by atoms with Gasteiger partial charge in [-0.25, -0.2) is 0 Å². The molecular formula is C23H31NO3. The molecule has 2 bridgehead atoms. The van der Waals surface area contributed by atoms with Crippen molar-refractivity contribution < 1.29 is 14.3 Å². The Bertz CT molecular complexity index is 784. The largest absolute Gasteiger partial charge is 0.493 e. The number of amides is 1. The Labute approximate surface area is 162 Å². The first kappa shape index (κ1) is 18.4. The number of fused-ring (bicyclic) bond motifs is 2. The maximum absolute atomic E-state index is 13.8. The number of nitrogens with zero attached hydrogens (tertiary/aromatic N) is 1. The Kier molecular flexibility index (Phi) is 4.28. The minimum absolute atomic E-state index is 0.0759. The number of carbonyl (C=O) groups is 1. The summed E-state index contributed by atoms with van der Waals surface area (Å²) in [6.45, 7) is 9.79. The van der Waals surface area contributed by atoms with E-state index in [0.29, 0.717) is 11.8 Å². The second-order valence-electron chi connectivity index (χ2n) is 8.99. The molecule has 1 heterocycles. The lowest BCUT2D eigenvalue weighted by Gasteiger charge is -2.40. The van der Waals surface area contributed by atoms with Crippen LogP contribution in [0.2, 0.25) is 0 Å². The molecule has 27 heavy (non-hydrogen) atoms. The third-order valence-electron chi connectivity index (χ3n) is 7.61. The maximum atomic E-state index is 13.8. The summed E-state index contributed by atoms with van der Waals surface area (Å²) in [5.41, 5.74) is 2.03. The lowest BCUT2D eigenvalue weighted by atomic mass is 9.68. The van der Waals surface area contributed by atoms with Gasteiger partial charge >= 0.3 is 0 Å². The van der Waals surface area contributed by atoms with Gasteiger partial charge in [0, 0.05) is 6.54 Å². The van der Waals surface area contributed by atoms with Crippen LogP contribution >= 0.6 is 0 Å². The van der Waals surface area contributed by atoms with E-state index in [-0.39, 0.29) is 16.9 Å². The Hall–Kier alpha value is -1.97. The second kappa shape index (κ2) is 6.29. The lowest BCUT2D eigenvalue weighted by Crippen LogP contribution is -2.44. The number of hydrogen-bond acceptors (Lipinski definition) is 3. The minimum atomic E-state index is -0.340. The standard InChI is InChI=1S/C23H31NO3/c1-15-22(2,3)17-10-11-23(15,14-17)21(25)24-12-6-7-18(24)16-8-9-19(26-4)20(13-16)27-5/h8-9,13,17-18H,1,6-7,10-12,14H2,2-5H3. The predicted molar refractivity (Wildman–Crippen MR) is 106 cm³/mol. The number of rotatable bonds is 4. The number of carbonyl (C=O) groups excluding carboxylic acids is 1. The molecule has 4 heteroatoms. The average molecular weight is 370 g/mol. The minimum Gasteiger partial charge on any atom is -0.493 e. The molecule has 4 nitrogen and oxygen atoms in total. The number of methoxy groups -OCH3 is 2. The van der Waals surface area contributed by atoms with E-state index in [1.54, 1.807) is 14.2 Å². The Balaban J connectivity index is 1.64. The molecule has 0 N–H and O–H groups in total. The van der Waals surface area contributed by atoms with Gasteiger partial charge in [-0.1, -0.05) is 32.1 Å². The first-order valence-corrected chi connectivity index (χ1v) is 10.1. The fourth-order valence-corrected chi connectivity index (χ4v) is 5.81. The molecule has 2 saturated carbocycles. The van der Waals surface area contributed by atoms with Crippen molar-refractivity contribution in [2.45, 2.75) is 52.0 Å². The van der Waals surface area contributed by atoms with E-state index >= 15 is 0 Å². The van der Waals surface area contributed by atoms with E-state index < -0.39 is 0 Å². The molecule has 1 saturated heterocycles. The number of ether oxygens (including phenoxy) is 2. The van der Waals surface area contributed by atoms with Crippen LogP contribution in [-0.4, -0.2) is 31.6 Å². The number of likely N-dealkylation sites (tertiary alicyclic amines) is 1. The van der Waals surface area contributed by atoms with Crippen LogP contribution in [0, 0.1) is 16.7 Å². The zero-order valence-corrected chi connectivity index (χ0v) is 17.0. The van der Waals surface area contributed by atoms with Gasteiger partial charge in [-0.2, -0.15) is 0 Å². The van der Waals surface area contributed by atoms with Crippen LogP contribution in [0.3, 0.4) is 0 Å². The highest BCUT2D eigenvalue weighted by molar-refractivity contribution is 5.88. The third kappa shape index (κ3) is 2.52. The fourth-order valence-electron chi connectivity index (χ4n) is 5.81. The van der Waals surface area contributed by atoms with Gasteiger partial charge in [-0.05, 0) is 61.1 Å². The Morgan fingerprint density at radius 1 is 1.19 bits per heavy atom. The van der Waals surface area contributed by atoms with Crippen LogP contribution in [0.15, 0.2) is 30.4 Å². The van der Waals surface area contributed by atoms with E-state index in [0.717, 1.165) is 61.3 Å². The Morgan fingerprint density at radius 3 is 2.56 bits per heavy atom. The van der Waals surface area contributed by atoms with E-state index in [4.69, 9.17) is 9.47 Å². The summed E-state index contributed by atoms with van der Waals surface area (Å²) in [4.78, 5) is 15.9. The zero-order chi connectivity index (χ0) is 19.4. The van der Waals surface area contributed by atoms with E-state index in [1.165, 1.54) is 0 Å². The van der Waals surface area contributed by atoms with Gasteiger partial charge in [0.05, 0.1) is 25.7 Å². The van der Waals surface area contributed by atoms with Gasteiger partial charge in [-0.15, -0.1) is 0 Å². The van der Waals surface area contributed by atoms with Crippen molar-refractivity contribution in [2.24, 2.45) is 16.7 Å². The van der Waals surface area contributed by atoms with Crippen LogP contribution in [0.4, 0.5) is 0 Å². The molecule has 3 aliphatic rings. The predicted octanol–water partition coefficient (Wildman–Crippen LogP) is 4.75. The SMILES string of the molecule is C=C1C2(C(=O)N3CCCC3c3ccc(OC)c(OC)c3)CCC(C2)C1(C)C. The van der Waals surface area contributed by atoms with Gasteiger partial charge in [0.2, 0.25) is 5.91 Å². The molecule has 1 aromatic rings. The molecule has 1 amide bonds. The molecule has 3 fully saturated rings. The molecule has 0 spiro atoms. The van der Waals surface area contributed by atoms with Crippen molar-refractivity contribution >= 4 is 5.91 Å². The van der Waals surface area contributed by atoms with Crippen LogP contribution in [0.1, 0.15) is 57.6 Å². The van der Waals surface area contributed by atoms with Crippen molar-refractivity contribution in [2.75, 3.05) is 20.8 Å². The number of benzene rings is 1. The molecule has 2 aliphatic carbocycles. The lowest BCUT2D eigenvalue weighted by molar-refractivity contribution is -0.140. The molecule has 1 aromatic carbocycles. The highest BCUT2D eigenvalue weighted by Crippen LogP contribution is 2.66.